The average Bonchev–Trinajstić information content (AvgIpc) is 2.79. The Bertz CT molecular complexity index is 624. The quantitative estimate of drug-likeness (QED) is 0.620. The van der Waals surface area contributed by atoms with Gasteiger partial charge in [-0.1, -0.05) is 24.3 Å². The van der Waals surface area contributed by atoms with Gasteiger partial charge in [-0.05, 0) is 6.92 Å². The summed E-state index contributed by atoms with van der Waals surface area (Å²) in [6.07, 6.45) is 2.97. The Hall–Kier alpha value is -2.08. The molecule has 0 amide bonds. The first-order chi connectivity index (χ1) is 9.17. The van der Waals surface area contributed by atoms with Crippen LogP contribution in [0.4, 0.5) is 0 Å². The molecule has 0 aromatic carbocycles. The van der Waals surface area contributed by atoms with Crippen molar-refractivity contribution in [3.05, 3.63) is 35.8 Å². The number of fused-ring (bicyclic) bond motifs is 1. The number of hydrogen-bond donors (Lipinski definition) is 0. The first-order valence-corrected chi connectivity index (χ1v) is 6.00. The summed E-state index contributed by atoms with van der Waals surface area (Å²) >= 11 is 5.90. The predicted octanol–water partition coefficient (Wildman–Crippen LogP) is 2.12. The van der Waals surface area contributed by atoms with Crippen LogP contribution in [-0.2, 0) is 4.74 Å². The van der Waals surface area contributed by atoms with Crippen molar-refractivity contribution in [1.29, 1.82) is 0 Å². The maximum absolute atomic E-state index is 11.7. The van der Waals surface area contributed by atoms with E-state index in [-0.39, 0.29) is 17.5 Å². The van der Waals surface area contributed by atoms with Crippen LogP contribution < -0.4 is 4.74 Å². The molecule has 0 N–H and O–H groups in total. The van der Waals surface area contributed by atoms with E-state index in [4.69, 9.17) is 21.1 Å². The number of ether oxygens (including phenoxy) is 2. The largest absolute Gasteiger partial charge is 0.485 e. The van der Waals surface area contributed by atoms with Crippen LogP contribution in [0.5, 0.6) is 5.75 Å². The maximum atomic E-state index is 11.7. The second kappa shape index (κ2) is 5.71. The molecule has 0 aliphatic rings. The van der Waals surface area contributed by atoms with Crippen LogP contribution in [0, 0.1) is 0 Å². The lowest BCUT2D eigenvalue weighted by Gasteiger charge is -2.06. The lowest BCUT2D eigenvalue weighted by Crippen LogP contribution is -2.10. The van der Waals surface area contributed by atoms with Crippen LogP contribution in [0.25, 0.3) is 5.65 Å². The van der Waals surface area contributed by atoms with Gasteiger partial charge in [0.2, 0.25) is 0 Å². The van der Waals surface area contributed by atoms with E-state index < -0.39 is 5.97 Å². The molecule has 0 aliphatic heterocycles. The summed E-state index contributed by atoms with van der Waals surface area (Å²) in [7, 11) is 0. The van der Waals surface area contributed by atoms with E-state index in [1.807, 2.05) is 0 Å². The molecule has 2 rings (SSSR count). The Morgan fingerprint density at radius 2 is 2.42 bits per heavy atom. The second-order valence-electron chi connectivity index (χ2n) is 3.53. The van der Waals surface area contributed by atoms with Crippen molar-refractivity contribution in [3.8, 4) is 5.75 Å². The van der Waals surface area contributed by atoms with Gasteiger partial charge >= 0.3 is 5.97 Å². The zero-order chi connectivity index (χ0) is 13.8. The van der Waals surface area contributed by atoms with Crippen LogP contribution in [0.3, 0.4) is 0 Å². The Morgan fingerprint density at radius 1 is 1.63 bits per heavy atom. The van der Waals surface area contributed by atoms with Crippen molar-refractivity contribution in [2.75, 3.05) is 13.2 Å². The number of aromatic nitrogens is 3. The first kappa shape index (κ1) is 13.4. The summed E-state index contributed by atoms with van der Waals surface area (Å²) < 4.78 is 11.6. The highest BCUT2D eigenvalue weighted by Gasteiger charge is 2.17. The molecule has 0 fully saturated rings. The van der Waals surface area contributed by atoms with Gasteiger partial charge in [-0.3, -0.25) is 0 Å². The van der Waals surface area contributed by atoms with Gasteiger partial charge in [-0.25, -0.2) is 14.3 Å². The Kier molecular flexibility index (Phi) is 4.01. The van der Waals surface area contributed by atoms with Crippen molar-refractivity contribution in [1.82, 2.24) is 14.6 Å². The van der Waals surface area contributed by atoms with Gasteiger partial charge in [0.25, 0.3) is 0 Å². The fourth-order valence-corrected chi connectivity index (χ4v) is 1.69. The van der Waals surface area contributed by atoms with Crippen molar-refractivity contribution >= 4 is 23.2 Å². The lowest BCUT2D eigenvalue weighted by molar-refractivity contribution is 0.0516. The molecule has 0 unspecified atom stereocenters. The molecule has 2 heterocycles. The maximum Gasteiger partial charge on any atom is 0.358 e. The molecule has 0 atom stereocenters. The minimum atomic E-state index is -0.514. The number of halogens is 1. The summed E-state index contributed by atoms with van der Waals surface area (Å²) in [5, 5.41) is 4.21. The Labute approximate surface area is 114 Å². The van der Waals surface area contributed by atoms with Crippen LogP contribution in [0.15, 0.2) is 24.9 Å². The molecule has 0 saturated heterocycles. The molecule has 0 saturated carbocycles. The normalized spacial score (nSPS) is 10.4. The second-order valence-corrected chi connectivity index (χ2v) is 3.92. The van der Waals surface area contributed by atoms with Gasteiger partial charge in [0.05, 0.1) is 12.8 Å². The molecule has 0 radical (unpaired) electrons. The molecule has 100 valence electrons. The third-order valence-corrected chi connectivity index (χ3v) is 2.43. The fourth-order valence-electron chi connectivity index (χ4n) is 1.51. The molecule has 0 spiro atoms. The fraction of sp³-hybridized carbons (Fsp3) is 0.250. The third kappa shape index (κ3) is 2.68. The summed E-state index contributed by atoms with van der Waals surface area (Å²) in [6.45, 7) is 5.86. The van der Waals surface area contributed by atoms with E-state index in [9.17, 15) is 4.79 Å². The number of hydrogen-bond acceptors (Lipinski definition) is 5. The Morgan fingerprint density at radius 3 is 3.11 bits per heavy atom. The van der Waals surface area contributed by atoms with E-state index in [1.165, 1.54) is 16.8 Å². The van der Waals surface area contributed by atoms with Crippen molar-refractivity contribution in [3.63, 3.8) is 0 Å². The number of nitrogens with zero attached hydrogens (tertiary/aromatic N) is 3. The van der Waals surface area contributed by atoms with Crippen LogP contribution in [0.2, 0.25) is 5.15 Å². The molecule has 0 bridgehead atoms. The SMILES string of the molecule is C=CCOc1cc(Cl)nn2c(C(=O)OCC)cnc12. The molecule has 2 aromatic heterocycles. The molecular weight excluding hydrogens is 270 g/mol. The van der Waals surface area contributed by atoms with Crippen molar-refractivity contribution in [2.24, 2.45) is 0 Å². The minimum absolute atomic E-state index is 0.190. The van der Waals surface area contributed by atoms with Crippen LogP contribution in [0.1, 0.15) is 17.4 Å². The average molecular weight is 282 g/mol. The molecule has 0 aliphatic carbocycles. The molecular formula is C12H12ClN3O3. The van der Waals surface area contributed by atoms with Gasteiger partial charge in [-0.15, -0.1) is 0 Å². The Balaban J connectivity index is 2.50. The number of esters is 1. The third-order valence-electron chi connectivity index (χ3n) is 2.25. The predicted molar refractivity (Wildman–Crippen MR) is 69.6 cm³/mol. The zero-order valence-corrected chi connectivity index (χ0v) is 11.1. The van der Waals surface area contributed by atoms with Crippen LogP contribution >= 0.6 is 11.6 Å². The molecule has 19 heavy (non-hydrogen) atoms. The van der Waals surface area contributed by atoms with Gasteiger partial charge in [-0.2, -0.15) is 5.10 Å². The number of imidazole rings is 1. The van der Waals surface area contributed by atoms with Crippen molar-refractivity contribution < 1.29 is 14.3 Å². The van der Waals surface area contributed by atoms with E-state index in [0.29, 0.717) is 18.0 Å². The number of rotatable bonds is 5. The molecule has 6 nitrogen and oxygen atoms in total. The summed E-state index contributed by atoms with van der Waals surface area (Å²) in [5.41, 5.74) is 0.595. The van der Waals surface area contributed by atoms with Gasteiger partial charge in [0.15, 0.2) is 22.2 Å². The van der Waals surface area contributed by atoms with Gasteiger partial charge < -0.3 is 9.47 Å². The monoisotopic (exact) mass is 281 g/mol. The van der Waals surface area contributed by atoms with E-state index >= 15 is 0 Å². The minimum Gasteiger partial charge on any atom is -0.485 e. The molecule has 2 aromatic rings. The lowest BCUT2D eigenvalue weighted by atomic mass is 10.4. The highest BCUT2D eigenvalue weighted by Crippen LogP contribution is 2.22. The van der Waals surface area contributed by atoms with Gasteiger partial charge in [0.1, 0.15) is 6.61 Å². The summed E-state index contributed by atoms with van der Waals surface area (Å²) in [5.74, 6) is -0.0881. The number of carbonyl (C=O) groups is 1. The van der Waals surface area contributed by atoms with E-state index in [1.54, 1.807) is 13.0 Å². The number of carbonyl (C=O) groups excluding carboxylic acids is 1. The summed E-state index contributed by atoms with van der Waals surface area (Å²) in [6, 6.07) is 1.53. The van der Waals surface area contributed by atoms with Crippen LogP contribution in [-0.4, -0.2) is 33.8 Å². The van der Waals surface area contributed by atoms with Crippen molar-refractivity contribution in [2.45, 2.75) is 6.92 Å². The molecule has 7 heteroatoms. The van der Waals surface area contributed by atoms with Gasteiger partial charge in [0, 0.05) is 6.07 Å². The smallest absolute Gasteiger partial charge is 0.358 e. The first-order valence-electron chi connectivity index (χ1n) is 5.62. The topological polar surface area (TPSA) is 65.7 Å². The summed E-state index contributed by atoms with van der Waals surface area (Å²) in [4.78, 5) is 15.8. The van der Waals surface area contributed by atoms with E-state index in [2.05, 4.69) is 16.7 Å². The zero-order valence-electron chi connectivity index (χ0n) is 10.3. The highest BCUT2D eigenvalue weighted by atomic mass is 35.5. The van der Waals surface area contributed by atoms with E-state index in [0.717, 1.165) is 0 Å². The standard InChI is InChI=1S/C12H12ClN3O3/c1-3-5-19-9-6-10(13)15-16-8(7-14-11(9)16)12(17)18-4-2/h3,6-7H,1,4-5H2,2H3. The highest BCUT2D eigenvalue weighted by molar-refractivity contribution is 6.29.